The fourth-order valence-electron chi connectivity index (χ4n) is 1.42. The van der Waals surface area contributed by atoms with Gasteiger partial charge in [-0.2, -0.15) is 0 Å². The fourth-order valence-corrected chi connectivity index (χ4v) is 1.42. The lowest BCUT2D eigenvalue weighted by Crippen LogP contribution is -2.36. The van der Waals surface area contributed by atoms with Crippen LogP contribution in [-0.2, 0) is 4.79 Å². The highest BCUT2D eigenvalue weighted by atomic mass is 16.3. The molecule has 2 heteroatoms. The van der Waals surface area contributed by atoms with Crippen LogP contribution in [0.2, 0.25) is 0 Å². The fraction of sp³-hybridized carbons (Fsp3) is 0.667. The van der Waals surface area contributed by atoms with Gasteiger partial charge in [0.25, 0.3) is 0 Å². The Morgan fingerprint density at radius 1 is 1.55 bits per heavy atom. The Hall–Kier alpha value is -0.810. The van der Waals surface area contributed by atoms with E-state index in [2.05, 4.69) is 5.92 Å². The third-order valence-electron chi connectivity index (χ3n) is 2.34. The zero-order chi connectivity index (χ0) is 8.70. The van der Waals surface area contributed by atoms with Crippen LogP contribution in [-0.4, -0.2) is 16.5 Å². The van der Waals surface area contributed by atoms with Crippen molar-refractivity contribution in [2.75, 3.05) is 0 Å². The molecule has 0 heterocycles. The van der Waals surface area contributed by atoms with E-state index in [0.29, 0.717) is 12.8 Å². The van der Waals surface area contributed by atoms with Crippen molar-refractivity contribution < 1.29 is 9.90 Å². The number of rotatable bonds is 0. The summed E-state index contributed by atoms with van der Waals surface area (Å²) in [6.07, 6.45) is 6.13. The second kappa shape index (κ2) is 2.09. The largest absolute Gasteiger partial charge is 0.371 e. The van der Waals surface area contributed by atoms with Gasteiger partial charge < -0.3 is 5.11 Å². The zero-order valence-corrected chi connectivity index (χ0v) is 6.85. The van der Waals surface area contributed by atoms with Crippen LogP contribution >= 0.6 is 0 Å². The van der Waals surface area contributed by atoms with Gasteiger partial charge in [-0.1, -0.05) is 19.8 Å². The van der Waals surface area contributed by atoms with Gasteiger partial charge in [0.2, 0.25) is 0 Å². The minimum absolute atomic E-state index is 0.215. The minimum Gasteiger partial charge on any atom is -0.371 e. The predicted octanol–water partition coefficient (Wildman–Crippen LogP) is 0.740. The minimum atomic E-state index is -1.48. The molecule has 60 valence electrons. The number of aliphatic hydroxyl groups is 1. The molecule has 0 saturated heterocycles. The maximum Gasteiger partial charge on any atom is 0.184 e. The first-order valence-corrected chi connectivity index (χ1v) is 3.67. The third-order valence-corrected chi connectivity index (χ3v) is 2.34. The molecule has 0 spiro atoms. The number of terminal acetylenes is 1. The normalized spacial score (nSPS) is 35.3. The molecule has 0 bridgehead atoms. The van der Waals surface area contributed by atoms with E-state index in [9.17, 15) is 9.90 Å². The lowest BCUT2D eigenvalue weighted by molar-refractivity contribution is -0.135. The third kappa shape index (κ3) is 1.06. The average Bonchev–Trinajstić information content (AvgIpc) is 2.16. The van der Waals surface area contributed by atoms with E-state index in [0.717, 1.165) is 0 Å². The summed E-state index contributed by atoms with van der Waals surface area (Å²) in [5.41, 5.74) is -1.93. The Balaban J connectivity index is 2.98. The van der Waals surface area contributed by atoms with Crippen LogP contribution in [0, 0.1) is 17.8 Å². The molecular formula is C9H12O2. The maximum absolute atomic E-state index is 11.4. The van der Waals surface area contributed by atoms with Crippen LogP contribution in [0.4, 0.5) is 0 Å². The van der Waals surface area contributed by atoms with E-state index < -0.39 is 11.0 Å². The molecule has 11 heavy (non-hydrogen) atoms. The van der Waals surface area contributed by atoms with E-state index in [4.69, 9.17) is 6.42 Å². The molecule has 1 rings (SSSR count). The molecule has 1 saturated carbocycles. The summed E-state index contributed by atoms with van der Waals surface area (Å²) in [4.78, 5) is 11.4. The molecule has 0 unspecified atom stereocenters. The molecule has 1 aliphatic carbocycles. The van der Waals surface area contributed by atoms with Gasteiger partial charge in [-0.3, -0.25) is 4.79 Å². The van der Waals surface area contributed by atoms with Crippen LogP contribution in [0.15, 0.2) is 0 Å². The monoisotopic (exact) mass is 152 g/mol. The van der Waals surface area contributed by atoms with E-state index in [1.165, 1.54) is 0 Å². The highest BCUT2D eigenvalue weighted by Crippen LogP contribution is 2.39. The number of hydrogen-bond acceptors (Lipinski definition) is 2. The molecule has 0 aromatic rings. The summed E-state index contributed by atoms with van der Waals surface area (Å²) in [6, 6.07) is 0. The van der Waals surface area contributed by atoms with Crippen molar-refractivity contribution in [2.45, 2.75) is 32.3 Å². The van der Waals surface area contributed by atoms with Crippen molar-refractivity contribution in [1.29, 1.82) is 0 Å². The summed E-state index contributed by atoms with van der Waals surface area (Å²) < 4.78 is 0. The predicted molar refractivity (Wildman–Crippen MR) is 41.8 cm³/mol. The van der Waals surface area contributed by atoms with Gasteiger partial charge in [0.15, 0.2) is 11.4 Å². The maximum atomic E-state index is 11.4. The van der Waals surface area contributed by atoms with Crippen LogP contribution in [0.3, 0.4) is 0 Å². The average molecular weight is 152 g/mol. The Labute approximate surface area is 66.6 Å². The van der Waals surface area contributed by atoms with Gasteiger partial charge in [-0.25, -0.2) is 0 Å². The van der Waals surface area contributed by atoms with Crippen LogP contribution < -0.4 is 0 Å². The number of ketones is 1. The van der Waals surface area contributed by atoms with Gasteiger partial charge in [-0.15, -0.1) is 6.42 Å². The highest BCUT2D eigenvalue weighted by Gasteiger charge is 2.49. The molecular weight excluding hydrogens is 140 g/mol. The quantitative estimate of drug-likeness (QED) is 0.520. The van der Waals surface area contributed by atoms with Crippen LogP contribution in [0.25, 0.3) is 0 Å². The van der Waals surface area contributed by atoms with Crippen molar-refractivity contribution in [3.05, 3.63) is 0 Å². The highest BCUT2D eigenvalue weighted by molar-refractivity contribution is 5.96. The first kappa shape index (κ1) is 8.29. The summed E-state index contributed by atoms with van der Waals surface area (Å²) in [5.74, 6) is 1.94. The number of Topliss-reactive ketones (excluding diaryl/α,β-unsaturated/α-hetero) is 1. The van der Waals surface area contributed by atoms with E-state index >= 15 is 0 Å². The molecule has 1 fully saturated rings. The Kier molecular flexibility index (Phi) is 1.57. The summed E-state index contributed by atoms with van der Waals surface area (Å²) in [7, 11) is 0. The van der Waals surface area contributed by atoms with E-state index in [-0.39, 0.29) is 5.78 Å². The SMILES string of the molecule is C#C[C@@]1(O)CCC(C)(C)C1=O. The standard InChI is InChI=1S/C9H12O2/c1-4-9(11)6-5-8(2,3)7(9)10/h1,11H,5-6H2,2-3H3/t9-/m1/s1. The topological polar surface area (TPSA) is 37.3 Å². The van der Waals surface area contributed by atoms with Gasteiger partial charge in [0.05, 0.1) is 0 Å². The van der Waals surface area contributed by atoms with Gasteiger partial charge in [0, 0.05) is 5.41 Å². The summed E-state index contributed by atoms with van der Waals surface area (Å²) in [5, 5.41) is 9.52. The van der Waals surface area contributed by atoms with Gasteiger partial charge in [-0.05, 0) is 12.8 Å². The molecule has 0 radical (unpaired) electrons. The molecule has 0 aromatic carbocycles. The van der Waals surface area contributed by atoms with Gasteiger partial charge >= 0.3 is 0 Å². The van der Waals surface area contributed by atoms with Crippen molar-refractivity contribution in [2.24, 2.45) is 5.41 Å². The number of carbonyl (C=O) groups is 1. The molecule has 2 nitrogen and oxygen atoms in total. The summed E-state index contributed by atoms with van der Waals surface area (Å²) in [6.45, 7) is 3.62. The smallest absolute Gasteiger partial charge is 0.184 e. The molecule has 0 aliphatic heterocycles. The first-order chi connectivity index (χ1) is 4.92. The second-order valence-electron chi connectivity index (χ2n) is 3.72. The zero-order valence-electron chi connectivity index (χ0n) is 6.85. The molecule has 1 N–H and O–H groups in total. The van der Waals surface area contributed by atoms with E-state index in [1.807, 2.05) is 13.8 Å². The molecule has 0 amide bonds. The van der Waals surface area contributed by atoms with Crippen molar-refractivity contribution in [3.63, 3.8) is 0 Å². The number of hydrogen-bond donors (Lipinski definition) is 1. The van der Waals surface area contributed by atoms with Crippen LogP contribution in [0.1, 0.15) is 26.7 Å². The van der Waals surface area contributed by atoms with Crippen LogP contribution in [0.5, 0.6) is 0 Å². The Morgan fingerprint density at radius 3 is 2.27 bits per heavy atom. The molecule has 1 aliphatic rings. The van der Waals surface area contributed by atoms with E-state index in [1.54, 1.807) is 0 Å². The molecule has 0 aromatic heterocycles. The van der Waals surface area contributed by atoms with Crippen molar-refractivity contribution >= 4 is 5.78 Å². The summed E-state index contributed by atoms with van der Waals surface area (Å²) >= 11 is 0. The van der Waals surface area contributed by atoms with Crippen molar-refractivity contribution in [3.8, 4) is 12.3 Å². The van der Waals surface area contributed by atoms with Crippen molar-refractivity contribution in [1.82, 2.24) is 0 Å². The number of carbonyl (C=O) groups excluding carboxylic acids is 1. The molecule has 1 atom stereocenters. The Morgan fingerprint density at radius 2 is 2.09 bits per heavy atom. The lowest BCUT2D eigenvalue weighted by atomic mass is 9.88. The second-order valence-corrected chi connectivity index (χ2v) is 3.72. The lowest BCUT2D eigenvalue weighted by Gasteiger charge is -2.17. The Bertz CT molecular complexity index is 234. The van der Waals surface area contributed by atoms with Gasteiger partial charge in [0.1, 0.15) is 0 Å². The first-order valence-electron chi connectivity index (χ1n) is 3.67.